The number of methoxy groups -OCH3 is 1. The Balaban J connectivity index is 3.18. The molecule has 0 fully saturated rings. The molecule has 1 atom stereocenters. The molecule has 0 aromatic heterocycles. The number of carboxylic acid groups (broad SMARTS) is 2. The fourth-order valence-corrected chi connectivity index (χ4v) is 3.04. The topological polar surface area (TPSA) is 130 Å². The van der Waals surface area contributed by atoms with Crippen molar-refractivity contribution in [3.63, 3.8) is 0 Å². The van der Waals surface area contributed by atoms with E-state index >= 15 is 0 Å². The zero-order chi connectivity index (χ0) is 16.2. The van der Waals surface area contributed by atoms with Crippen LogP contribution in [0, 0.1) is 6.92 Å². The van der Waals surface area contributed by atoms with Crippen molar-refractivity contribution in [2.45, 2.75) is 24.3 Å². The second kappa shape index (κ2) is 6.55. The lowest BCUT2D eigenvalue weighted by Gasteiger charge is -2.15. The number of sulfonamides is 1. The fourth-order valence-electron chi connectivity index (χ4n) is 1.60. The Morgan fingerprint density at radius 3 is 2.43 bits per heavy atom. The molecule has 0 saturated heterocycles. The van der Waals surface area contributed by atoms with E-state index in [0.717, 1.165) is 0 Å². The summed E-state index contributed by atoms with van der Waals surface area (Å²) in [5.41, 5.74) is 0.626. The standard InChI is InChI=1S/C12H15NO7S/c1-7-3-4-9(20-2)10(5-7)21(18,19)13-8(12(16)17)6-11(14)15/h3-5,8,13H,6H2,1-2H3,(H,14,15)(H,16,17). The monoisotopic (exact) mass is 317 g/mol. The molecule has 0 aliphatic rings. The smallest absolute Gasteiger partial charge is 0.322 e. The van der Waals surface area contributed by atoms with E-state index in [1.165, 1.54) is 19.2 Å². The van der Waals surface area contributed by atoms with Gasteiger partial charge in [0.25, 0.3) is 0 Å². The van der Waals surface area contributed by atoms with E-state index in [4.69, 9.17) is 14.9 Å². The number of carbonyl (C=O) groups is 2. The van der Waals surface area contributed by atoms with Gasteiger partial charge in [-0.2, -0.15) is 4.72 Å². The van der Waals surface area contributed by atoms with Gasteiger partial charge in [-0.15, -0.1) is 0 Å². The van der Waals surface area contributed by atoms with Crippen LogP contribution in [0.1, 0.15) is 12.0 Å². The molecule has 3 N–H and O–H groups in total. The number of rotatable bonds is 7. The third-order valence-corrected chi connectivity index (χ3v) is 4.08. The van der Waals surface area contributed by atoms with Crippen molar-refractivity contribution in [2.75, 3.05) is 7.11 Å². The summed E-state index contributed by atoms with van der Waals surface area (Å²) in [5.74, 6) is -2.97. The molecule has 0 bridgehead atoms. The van der Waals surface area contributed by atoms with E-state index in [9.17, 15) is 18.0 Å². The van der Waals surface area contributed by atoms with Gasteiger partial charge in [-0.25, -0.2) is 8.42 Å². The normalized spacial score (nSPS) is 12.7. The van der Waals surface area contributed by atoms with Crippen molar-refractivity contribution in [1.82, 2.24) is 4.72 Å². The van der Waals surface area contributed by atoms with Crippen LogP contribution in [0.25, 0.3) is 0 Å². The quantitative estimate of drug-likeness (QED) is 0.655. The SMILES string of the molecule is COc1ccc(C)cc1S(=O)(=O)NC(CC(=O)O)C(=O)O. The summed E-state index contributed by atoms with van der Waals surface area (Å²) < 4.78 is 31.2. The molecule has 116 valence electrons. The Kier molecular flexibility index (Phi) is 5.28. The lowest BCUT2D eigenvalue weighted by atomic mass is 10.2. The summed E-state index contributed by atoms with van der Waals surface area (Å²) in [4.78, 5) is 21.3. The molecule has 1 rings (SSSR count). The van der Waals surface area contributed by atoms with Crippen LogP contribution < -0.4 is 9.46 Å². The molecule has 0 amide bonds. The minimum Gasteiger partial charge on any atom is -0.495 e. The number of ether oxygens (including phenoxy) is 1. The number of hydrogen-bond acceptors (Lipinski definition) is 5. The maximum absolute atomic E-state index is 12.2. The molecule has 21 heavy (non-hydrogen) atoms. The number of benzene rings is 1. The molecule has 1 unspecified atom stereocenters. The Labute approximate surface area is 121 Å². The average Bonchev–Trinajstić information content (AvgIpc) is 2.37. The average molecular weight is 317 g/mol. The van der Waals surface area contributed by atoms with Crippen LogP contribution in [0.5, 0.6) is 5.75 Å². The zero-order valence-corrected chi connectivity index (χ0v) is 12.2. The molecule has 0 saturated carbocycles. The first kappa shape index (κ1) is 16.9. The minimum atomic E-state index is -4.23. The molecule has 0 spiro atoms. The lowest BCUT2D eigenvalue weighted by molar-refractivity contribution is -0.145. The molecule has 1 aromatic carbocycles. The largest absolute Gasteiger partial charge is 0.495 e. The minimum absolute atomic E-state index is 0.0348. The van der Waals surface area contributed by atoms with E-state index in [0.29, 0.717) is 5.56 Å². The van der Waals surface area contributed by atoms with E-state index < -0.39 is 34.4 Å². The maximum Gasteiger partial charge on any atom is 0.322 e. The molecule has 1 aromatic rings. The molecule has 9 heteroatoms. The van der Waals surface area contributed by atoms with Gasteiger partial charge >= 0.3 is 11.9 Å². The van der Waals surface area contributed by atoms with Crippen molar-refractivity contribution < 1.29 is 33.0 Å². The van der Waals surface area contributed by atoms with E-state index in [1.54, 1.807) is 13.0 Å². The first-order valence-electron chi connectivity index (χ1n) is 5.79. The van der Waals surface area contributed by atoms with E-state index in [-0.39, 0.29) is 10.6 Å². The predicted octanol–water partition coefficient (Wildman–Crippen LogP) is 0.210. The highest BCUT2D eigenvalue weighted by molar-refractivity contribution is 7.89. The van der Waals surface area contributed by atoms with Crippen LogP contribution in [-0.2, 0) is 19.6 Å². The Morgan fingerprint density at radius 2 is 1.95 bits per heavy atom. The summed E-state index contributed by atoms with van der Waals surface area (Å²) >= 11 is 0. The van der Waals surface area contributed by atoms with Crippen LogP contribution in [0.3, 0.4) is 0 Å². The summed E-state index contributed by atoms with van der Waals surface area (Å²) in [6.07, 6.45) is -0.872. The van der Waals surface area contributed by atoms with Crippen LogP contribution in [0.15, 0.2) is 23.1 Å². The Morgan fingerprint density at radius 1 is 1.33 bits per heavy atom. The highest BCUT2D eigenvalue weighted by Gasteiger charge is 2.29. The molecule has 0 aliphatic carbocycles. The van der Waals surface area contributed by atoms with Crippen LogP contribution in [0.4, 0.5) is 0 Å². The number of nitrogens with one attached hydrogen (secondary N) is 1. The third-order valence-electron chi connectivity index (χ3n) is 2.58. The predicted molar refractivity (Wildman–Crippen MR) is 71.7 cm³/mol. The molecule has 0 heterocycles. The van der Waals surface area contributed by atoms with Gasteiger partial charge in [0.1, 0.15) is 16.7 Å². The van der Waals surface area contributed by atoms with Gasteiger partial charge in [0.05, 0.1) is 13.5 Å². The van der Waals surface area contributed by atoms with Crippen molar-refractivity contribution in [1.29, 1.82) is 0 Å². The molecule has 8 nitrogen and oxygen atoms in total. The van der Waals surface area contributed by atoms with Crippen molar-refractivity contribution in [3.8, 4) is 5.75 Å². The van der Waals surface area contributed by atoms with Gasteiger partial charge in [-0.05, 0) is 24.6 Å². The number of aliphatic carboxylic acids is 2. The van der Waals surface area contributed by atoms with Crippen LogP contribution in [0.2, 0.25) is 0 Å². The molecular formula is C12H15NO7S. The maximum atomic E-state index is 12.2. The second-order valence-corrected chi connectivity index (χ2v) is 5.95. The van der Waals surface area contributed by atoms with Crippen molar-refractivity contribution in [3.05, 3.63) is 23.8 Å². The number of aryl methyl sites for hydroxylation is 1. The van der Waals surface area contributed by atoms with Gasteiger partial charge < -0.3 is 14.9 Å². The second-order valence-electron chi connectivity index (χ2n) is 4.26. The van der Waals surface area contributed by atoms with Gasteiger partial charge in [0.15, 0.2) is 0 Å². The van der Waals surface area contributed by atoms with Gasteiger partial charge in [-0.3, -0.25) is 9.59 Å². The van der Waals surface area contributed by atoms with Gasteiger partial charge in [0, 0.05) is 0 Å². The summed E-state index contributed by atoms with van der Waals surface area (Å²) in [7, 11) is -2.96. The van der Waals surface area contributed by atoms with E-state index in [2.05, 4.69) is 0 Å². The fraction of sp³-hybridized carbons (Fsp3) is 0.333. The zero-order valence-electron chi connectivity index (χ0n) is 11.4. The molecular weight excluding hydrogens is 302 g/mol. The van der Waals surface area contributed by atoms with Gasteiger partial charge in [-0.1, -0.05) is 6.07 Å². The lowest BCUT2D eigenvalue weighted by Crippen LogP contribution is -2.42. The highest BCUT2D eigenvalue weighted by atomic mass is 32.2. The van der Waals surface area contributed by atoms with Crippen LogP contribution >= 0.6 is 0 Å². The van der Waals surface area contributed by atoms with Gasteiger partial charge in [0.2, 0.25) is 10.0 Å². The van der Waals surface area contributed by atoms with Crippen molar-refractivity contribution in [2.24, 2.45) is 0 Å². The van der Waals surface area contributed by atoms with E-state index in [1.807, 2.05) is 4.72 Å². The number of hydrogen-bond donors (Lipinski definition) is 3. The Hall–Kier alpha value is -2.13. The van der Waals surface area contributed by atoms with Crippen molar-refractivity contribution >= 4 is 22.0 Å². The first-order valence-corrected chi connectivity index (χ1v) is 7.27. The molecule has 0 aliphatic heterocycles. The molecule has 0 radical (unpaired) electrons. The first-order chi connectivity index (χ1) is 9.67. The summed E-state index contributed by atoms with van der Waals surface area (Å²) in [5, 5.41) is 17.5. The highest BCUT2D eigenvalue weighted by Crippen LogP contribution is 2.24. The number of carboxylic acids is 2. The summed E-state index contributed by atoms with van der Waals surface area (Å²) in [6.45, 7) is 1.66. The Bertz CT molecular complexity index is 654. The third kappa shape index (κ3) is 4.43. The summed E-state index contributed by atoms with van der Waals surface area (Å²) in [6, 6.07) is 2.60. The van der Waals surface area contributed by atoms with Crippen LogP contribution in [-0.4, -0.2) is 43.7 Å².